The molecule has 1 unspecified atom stereocenters. The zero-order valence-electron chi connectivity index (χ0n) is 19.7. The van der Waals surface area contributed by atoms with Crippen LogP contribution in [0.25, 0.3) is 11.0 Å². The highest BCUT2D eigenvalue weighted by Crippen LogP contribution is 2.36. The van der Waals surface area contributed by atoms with E-state index in [0.717, 1.165) is 33.3 Å². The molecule has 7 nitrogen and oxygen atoms in total. The van der Waals surface area contributed by atoms with Gasteiger partial charge in [-0.15, -0.1) is 5.10 Å². The first-order valence-corrected chi connectivity index (χ1v) is 11.4. The smallest absolute Gasteiger partial charge is 0.306 e. The van der Waals surface area contributed by atoms with E-state index in [9.17, 15) is 9.90 Å². The van der Waals surface area contributed by atoms with E-state index in [2.05, 4.69) is 10.3 Å². The number of hydrogen-bond acceptors (Lipinski definition) is 6. The maximum Gasteiger partial charge on any atom is 0.306 e. The first kappa shape index (κ1) is 23.4. The molecule has 0 aliphatic rings. The van der Waals surface area contributed by atoms with Gasteiger partial charge in [-0.1, -0.05) is 53.7 Å². The molecule has 0 amide bonds. The number of ether oxygens (including phenoxy) is 2. The van der Waals surface area contributed by atoms with Crippen molar-refractivity contribution in [2.45, 2.75) is 39.4 Å². The fourth-order valence-electron chi connectivity index (χ4n) is 4.12. The second kappa shape index (κ2) is 10.5. The zero-order valence-corrected chi connectivity index (χ0v) is 19.7. The van der Waals surface area contributed by atoms with E-state index in [4.69, 9.17) is 9.47 Å². The number of aliphatic hydroxyl groups excluding tert-OH is 1. The average Bonchev–Trinajstić information content (AvgIpc) is 3.23. The third-order valence-electron chi connectivity index (χ3n) is 5.95. The van der Waals surface area contributed by atoms with Gasteiger partial charge in [-0.3, -0.25) is 4.79 Å². The van der Waals surface area contributed by atoms with Gasteiger partial charge < -0.3 is 14.6 Å². The van der Waals surface area contributed by atoms with Crippen LogP contribution in [0, 0.1) is 6.92 Å². The number of fused-ring (bicyclic) bond motifs is 1. The van der Waals surface area contributed by atoms with Crippen molar-refractivity contribution in [1.29, 1.82) is 0 Å². The monoisotopic (exact) mass is 459 g/mol. The number of nitrogens with zero attached hydrogens (tertiary/aromatic N) is 3. The minimum atomic E-state index is -0.296. The summed E-state index contributed by atoms with van der Waals surface area (Å²) in [4.78, 5) is 12.5. The molecule has 34 heavy (non-hydrogen) atoms. The Balaban J connectivity index is 1.78. The lowest BCUT2D eigenvalue weighted by atomic mass is 9.86. The topological polar surface area (TPSA) is 86.5 Å². The van der Waals surface area contributed by atoms with Crippen molar-refractivity contribution in [3.05, 3.63) is 88.5 Å². The van der Waals surface area contributed by atoms with Crippen molar-refractivity contribution in [1.82, 2.24) is 15.0 Å². The van der Waals surface area contributed by atoms with Gasteiger partial charge >= 0.3 is 5.97 Å². The molecule has 0 saturated heterocycles. The molecule has 0 saturated carbocycles. The van der Waals surface area contributed by atoms with E-state index in [1.54, 1.807) is 11.6 Å². The number of carbonyl (C=O) groups excluding carboxylic acids is 1. The summed E-state index contributed by atoms with van der Waals surface area (Å²) in [5, 5.41) is 18.3. The molecule has 0 radical (unpaired) electrons. The summed E-state index contributed by atoms with van der Waals surface area (Å²) in [6.45, 7) is 4.39. The van der Waals surface area contributed by atoms with E-state index in [1.807, 2.05) is 74.6 Å². The van der Waals surface area contributed by atoms with E-state index in [-0.39, 0.29) is 24.9 Å². The number of aryl methyl sites for hydroxylation is 2. The second-order valence-corrected chi connectivity index (χ2v) is 8.28. The van der Waals surface area contributed by atoms with Crippen LogP contribution in [0.1, 0.15) is 47.1 Å². The minimum Gasteiger partial charge on any atom is -0.487 e. The fourth-order valence-corrected chi connectivity index (χ4v) is 4.12. The van der Waals surface area contributed by atoms with Gasteiger partial charge in [0.15, 0.2) is 0 Å². The van der Waals surface area contributed by atoms with Crippen molar-refractivity contribution in [2.75, 3.05) is 6.61 Å². The van der Waals surface area contributed by atoms with Crippen LogP contribution in [0.5, 0.6) is 5.75 Å². The van der Waals surface area contributed by atoms with Crippen LogP contribution in [0.4, 0.5) is 0 Å². The normalized spacial score (nSPS) is 12.0. The van der Waals surface area contributed by atoms with E-state index in [1.165, 1.54) is 0 Å². The average molecular weight is 460 g/mol. The number of esters is 1. The van der Waals surface area contributed by atoms with Crippen LogP contribution in [0.2, 0.25) is 0 Å². The minimum absolute atomic E-state index is 0.0690. The van der Waals surface area contributed by atoms with Crippen LogP contribution in [-0.2, 0) is 29.8 Å². The number of aliphatic hydroxyl groups is 1. The first-order chi connectivity index (χ1) is 16.5. The van der Waals surface area contributed by atoms with Crippen molar-refractivity contribution in [2.24, 2.45) is 7.05 Å². The molecule has 0 aliphatic heterocycles. The molecule has 7 heteroatoms. The number of carbonyl (C=O) groups is 1. The summed E-state index contributed by atoms with van der Waals surface area (Å²) in [7, 11) is 1.83. The van der Waals surface area contributed by atoms with Gasteiger partial charge in [0.1, 0.15) is 23.4 Å². The Labute approximate surface area is 198 Å². The van der Waals surface area contributed by atoms with Crippen molar-refractivity contribution >= 4 is 17.0 Å². The van der Waals surface area contributed by atoms with Gasteiger partial charge in [0.2, 0.25) is 0 Å². The van der Waals surface area contributed by atoms with Gasteiger partial charge in [0, 0.05) is 13.0 Å². The van der Waals surface area contributed by atoms with Crippen LogP contribution in [0.15, 0.2) is 60.7 Å². The predicted octanol–water partition coefficient (Wildman–Crippen LogP) is 4.43. The lowest BCUT2D eigenvalue weighted by Gasteiger charge is -2.20. The lowest BCUT2D eigenvalue weighted by molar-refractivity contribution is -0.143. The highest BCUT2D eigenvalue weighted by Gasteiger charge is 2.23. The molecule has 0 aliphatic carbocycles. The Morgan fingerprint density at radius 3 is 2.62 bits per heavy atom. The molecule has 1 atom stereocenters. The van der Waals surface area contributed by atoms with Gasteiger partial charge in [0.05, 0.1) is 19.6 Å². The molecule has 176 valence electrons. The number of hydrogen-bond donors (Lipinski definition) is 1. The fraction of sp³-hybridized carbons (Fsp3) is 0.296. The number of rotatable bonds is 9. The molecule has 0 spiro atoms. The maximum atomic E-state index is 12.5. The molecule has 1 N–H and O–H groups in total. The Morgan fingerprint density at radius 1 is 1.09 bits per heavy atom. The van der Waals surface area contributed by atoms with Gasteiger partial charge in [0.25, 0.3) is 0 Å². The summed E-state index contributed by atoms with van der Waals surface area (Å²) in [6.07, 6.45) is 0.158. The lowest BCUT2D eigenvalue weighted by Crippen LogP contribution is -2.12. The van der Waals surface area contributed by atoms with Crippen molar-refractivity contribution in [3.63, 3.8) is 0 Å². The Bertz CT molecular complexity index is 1280. The summed E-state index contributed by atoms with van der Waals surface area (Å²) in [5.41, 5.74) is 6.13. The third-order valence-corrected chi connectivity index (χ3v) is 5.95. The SMILES string of the molecule is CCOC(=O)CC(c1ccc(C)c(CO)c1)c1cc(OCc2ccccc2)c2c(c1)nnn2C. The van der Waals surface area contributed by atoms with E-state index >= 15 is 0 Å². The van der Waals surface area contributed by atoms with Crippen LogP contribution >= 0.6 is 0 Å². The number of benzene rings is 3. The third kappa shape index (κ3) is 5.10. The van der Waals surface area contributed by atoms with Gasteiger partial charge in [-0.25, -0.2) is 4.68 Å². The van der Waals surface area contributed by atoms with Gasteiger partial charge in [-0.05, 0) is 53.8 Å². The van der Waals surface area contributed by atoms with E-state index in [0.29, 0.717) is 24.5 Å². The molecule has 3 aromatic carbocycles. The van der Waals surface area contributed by atoms with Crippen LogP contribution < -0.4 is 4.74 Å². The van der Waals surface area contributed by atoms with Crippen LogP contribution in [0.3, 0.4) is 0 Å². The molecule has 1 aromatic heterocycles. The Hall–Kier alpha value is -3.71. The Kier molecular flexibility index (Phi) is 7.23. The highest BCUT2D eigenvalue weighted by atomic mass is 16.5. The quantitative estimate of drug-likeness (QED) is 0.373. The molecule has 4 aromatic rings. The van der Waals surface area contributed by atoms with E-state index < -0.39 is 0 Å². The number of aromatic nitrogens is 3. The summed E-state index contributed by atoms with van der Waals surface area (Å²) >= 11 is 0. The highest BCUT2D eigenvalue weighted by molar-refractivity contribution is 5.83. The Morgan fingerprint density at radius 2 is 1.88 bits per heavy atom. The summed E-state index contributed by atoms with van der Waals surface area (Å²) in [6, 6.07) is 19.7. The first-order valence-electron chi connectivity index (χ1n) is 11.4. The van der Waals surface area contributed by atoms with Crippen LogP contribution in [-0.4, -0.2) is 32.7 Å². The van der Waals surface area contributed by atoms with Crippen molar-refractivity contribution < 1.29 is 19.4 Å². The summed E-state index contributed by atoms with van der Waals surface area (Å²) < 4.78 is 13.2. The standard InChI is InChI=1S/C27H29N3O4/c1-4-33-26(32)15-23(20-11-10-18(2)22(12-20)16-31)21-13-24-27(30(3)29-28-24)25(14-21)34-17-19-8-6-5-7-9-19/h5-14,23,31H,4,15-17H2,1-3H3. The molecule has 0 fully saturated rings. The predicted molar refractivity (Wildman–Crippen MR) is 129 cm³/mol. The summed E-state index contributed by atoms with van der Waals surface area (Å²) in [5.74, 6) is 0.0623. The molecule has 0 bridgehead atoms. The molecular weight excluding hydrogens is 430 g/mol. The maximum absolute atomic E-state index is 12.5. The van der Waals surface area contributed by atoms with Gasteiger partial charge in [-0.2, -0.15) is 0 Å². The second-order valence-electron chi connectivity index (χ2n) is 8.28. The molecule has 4 rings (SSSR count). The zero-order chi connectivity index (χ0) is 24.1. The molecular formula is C27H29N3O4. The van der Waals surface area contributed by atoms with Crippen molar-refractivity contribution in [3.8, 4) is 5.75 Å². The largest absolute Gasteiger partial charge is 0.487 e. The molecule has 1 heterocycles.